The van der Waals surface area contributed by atoms with E-state index in [0.717, 1.165) is 79.4 Å². The molecule has 0 aromatic heterocycles. The van der Waals surface area contributed by atoms with E-state index in [1.165, 1.54) is 5.56 Å². The van der Waals surface area contributed by atoms with E-state index in [0.29, 0.717) is 10.8 Å². The molecule has 1 fully saturated rings. The van der Waals surface area contributed by atoms with Crippen LogP contribution >= 0.6 is 0 Å². The Kier molecular flexibility index (Phi) is 12.3. The van der Waals surface area contributed by atoms with Crippen LogP contribution in [0.5, 0.6) is 5.75 Å². The number of hydrogen-bond acceptors (Lipinski definition) is 6. The molecule has 244 valence electrons. The lowest BCUT2D eigenvalue weighted by Crippen LogP contribution is -2.46. The molecule has 4 rings (SSSR count). The van der Waals surface area contributed by atoms with Crippen molar-refractivity contribution in [3.05, 3.63) is 101 Å². The molecule has 1 saturated heterocycles. The van der Waals surface area contributed by atoms with Gasteiger partial charge < -0.3 is 15.1 Å². The fraction of sp³-hybridized carbons (Fsp3) is 0.459. The lowest BCUT2D eigenvalue weighted by Gasteiger charge is -2.34. The van der Waals surface area contributed by atoms with Gasteiger partial charge in [-0.3, -0.25) is 4.90 Å². The topological polar surface area (TPSA) is 73.9 Å². The first-order chi connectivity index (χ1) is 21.5. The second-order valence-electron chi connectivity index (χ2n) is 13.0. The van der Waals surface area contributed by atoms with Crippen LogP contribution in [0.1, 0.15) is 93.5 Å². The Hall–Kier alpha value is -3.17. The molecule has 0 radical (unpaired) electrons. The number of nitrogens with zero attached hydrogens (tertiary/aromatic N) is 2. The van der Waals surface area contributed by atoms with Gasteiger partial charge in [-0.15, -0.1) is 4.83 Å². The number of nitrogens with one attached hydrogen (secondary N) is 2. The van der Waals surface area contributed by atoms with Gasteiger partial charge in [0.1, 0.15) is 5.75 Å². The Bertz CT molecular complexity index is 1480. The zero-order chi connectivity index (χ0) is 32.6. The molecule has 0 atom stereocenters. The SMILES string of the molecule is COc1ccc(C(=CCCN2CCN(Cc3ccccc3)CC2)NNS(=O)(=O)c2c(C(C)C)cc(C(C)C)cc2C(C)C)cc1. The van der Waals surface area contributed by atoms with E-state index in [4.69, 9.17) is 4.74 Å². The minimum atomic E-state index is -3.89. The Labute approximate surface area is 271 Å². The molecule has 1 aliphatic heterocycles. The van der Waals surface area contributed by atoms with Gasteiger partial charge in [-0.25, -0.2) is 8.42 Å². The molecule has 0 amide bonds. The van der Waals surface area contributed by atoms with Gasteiger partial charge in [-0.1, -0.05) is 90.1 Å². The second-order valence-corrected chi connectivity index (χ2v) is 14.6. The Morgan fingerprint density at radius 1 is 0.822 bits per heavy atom. The van der Waals surface area contributed by atoms with E-state index in [9.17, 15) is 8.42 Å². The Balaban J connectivity index is 1.50. The molecule has 3 aromatic rings. The monoisotopic (exact) mass is 632 g/mol. The van der Waals surface area contributed by atoms with Crippen LogP contribution in [0.15, 0.2) is 77.7 Å². The highest BCUT2D eigenvalue weighted by Crippen LogP contribution is 2.35. The smallest absolute Gasteiger partial charge is 0.257 e. The zero-order valence-electron chi connectivity index (χ0n) is 28.1. The lowest BCUT2D eigenvalue weighted by molar-refractivity contribution is 0.129. The summed E-state index contributed by atoms with van der Waals surface area (Å²) in [6.07, 6.45) is 2.88. The molecule has 1 aliphatic rings. The van der Waals surface area contributed by atoms with Crippen LogP contribution in [-0.4, -0.2) is 58.1 Å². The standard InChI is InChI=1S/C37H52N4O3S/c1-27(2)32-24-34(28(3)4)37(35(25-32)29(5)6)45(42,43)39-38-36(31-15-17-33(44-7)18-16-31)14-11-19-40-20-22-41(23-21-40)26-30-12-9-8-10-13-30/h8-10,12-18,24-25,27-29,38-39H,11,19-23,26H2,1-7H3. The maximum absolute atomic E-state index is 14.0. The van der Waals surface area contributed by atoms with Crippen LogP contribution in [0, 0.1) is 0 Å². The van der Waals surface area contributed by atoms with E-state index in [2.05, 4.69) is 110 Å². The third-order valence-corrected chi connectivity index (χ3v) is 9.96. The number of benzene rings is 3. The molecule has 0 bridgehead atoms. The maximum Gasteiger partial charge on any atom is 0.257 e. The van der Waals surface area contributed by atoms with Gasteiger partial charge in [-0.2, -0.15) is 0 Å². The number of hydrogen-bond donors (Lipinski definition) is 2. The molecule has 8 heteroatoms. The van der Waals surface area contributed by atoms with E-state index in [1.54, 1.807) is 7.11 Å². The van der Waals surface area contributed by atoms with Gasteiger partial charge in [0.25, 0.3) is 10.0 Å². The van der Waals surface area contributed by atoms with Crippen molar-refractivity contribution in [2.75, 3.05) is 39.8 Å². The van der Waals surface area contributed by atoms with Crippen molar-refractivity contribution in [3.63, 3.8) is 0 Å². The summed E-state index contributed by atoms with van der Waals surface area (Å²) in [5.41, 5.74) is 8.92. The van der Waals surface area contributed by atoms with Gasteiger partial charge in [-0.05, 0) is 76.3 Å². The second kappa shape index (κ2) is 15.9. The van der Waals surface area contributed by atoms with E-state index in [1.807, 2.05) is 24.3 Å². The summed E-state index contributed by atoms with van der Waals surface area (Å²) in [6.45, 7) is 18.5. The molecule has 45 heavy (non-hydrogen) atoms. The minimum Gasteiger partial charge on any atom is -0.497 e. The average molecular weight is 633 g/mol. The van der Waals surface area contributed by atoms with Gasteiger partial charge in [0.05, 0.1) is 17.7 Å². The van der Waals surface area contributed by atoms with Crippen LogP contribution in [0.2, 0.25) is 0 Å². The number of piperazine rings is 1. The van der Waals surface area contributed by atoms with Crippen LogP contribution in [0.4, 0.5) is 0 Å². The van der Waals surface area contributed by atoms with Crippen molar-refractivity contribution in [2.24, 2.45) is 0 Å². The lowest BCUT2D eigenvalue weighted by atomic mass is 9.89. The molecule has 0 saturated carbocycles. The third-order valence-electron chi connectivity index (χ3n) is 8.58. The molecular formula is C37H52N4O3S. The van der Waals surface area contributed by atoms with Gasteiger partial charge >= 0.3 is 0 Å². The fourth-order valence-corrected chi connectivity index (χ4v) is 7.35. The number of rotatable bonds is 14. The molecule has 0 aliphatic carbocycles. The maximum atomic E-state index is 14.0. The van der Waals surface area contributed by atoms with Crippen molar-refractivity contribution < 1.29 is 13.2 Å². The van der Waals surface area contributed by atoms with E-state index in [-0.39, 0.29) is 11.8 Å². The number of methoxy groups -OCH3 is 1. The summed E-state index contributed by atoms with van der Waals surface area (Å²) in [6, 6.07) is 22.4. The van der Waals surface area contributed by atoms with Crippen LogP contribution < -0.4 is 15.0 Å². The highest BCUT2D eigenvalue weighted by Gasteiger charge is 2.27. The van der Waals surface area contributed by atoms with Crippen LogP contribution in [0.25, 0.3) is 5.70 Å². The first-order valence-electron chi connectivity index (χ1n) is 16.3. The highest BCUT2D eigenvalue weighted by atomic mass is 32.2. The largest absolute Gasteiger partial charge is 0.497 e. The zero-order valence-corrected chi connectivity index (χ0v) is 29.0. The summed E-state index contributed by atoms with van der Waals surface area (Å²) in [4.78, 5) is 8.13. The minimum absolute atomic E-state index is 0.0533. The van der Waals surface area contributed by atoms with Crippen molar-refractivity contribution in [3.8, 4) is 5.75 Å². The van der Waals surface area contributed by atoms with Crippen LogP contribution in [-0.2, 0) is 16.6 Å². The molecule has 7 nitrogen and oxygen atoms in total. The average Bonchev–Trinajstić information content (AvgIpc) is 3.03. The molecular weight excluding hydrogens is 580 g/mol. The molecule has 0 unspecified atom stereocenters. The van der Waals surface area contributed by atoms with Crippen molar-refractivity contribution in [2.45, 2.75) is 77.2 Å². The number of sulfonamides is 1. The normalized spacial score (nSPS) is 15.3. The fourth-order valence-electron chi connectivity index (χ4n) is 5.79. The summed E-state index contributed by atoms with van der Waals surface area (Å²) in [7, 11) is -2.25. The number of ether oxygens (including phenoxy) is 1. The Morgan fingerprint density at radius 3 is 1.93 bits per heavy atom. The van der Waals surface area contributed by atoms with Gasteiger partial charge in [0.2, 0.25) is 0 Å². The summed E-state index contributed by atoms with van der Waals surface area (Å²) in [5.74, 6) is 1.16. The molecule has 0 spiro atoms. The van der Waals surface area contributed by atoms with Gasteiger partial charge in [0, 0.05) is 39.3 Å². The van der Waals surface area contributed by atoms with E-state index >= 15 is 0 Å². The van der Waals surface area contributed by atoms with Crippen LogP contribution in [0.3, 0.4) is 0 Å². The Morgan fingerprint density at radius 2 is 1.40 bits per heavy atom. The quantitative estimate of drug-likeness (QED) is 0.185. The molecule has 2 N–H and O–H groups in total. The van der Waals surface area contributed by atoms with Crippen molar-refractivity contribution >= 4 is 15.7 Å². The summed E-state index contributed by atoms with van der Waals surface area (Å²) < 4.78 is 33.5. The van der Waals surface area contributed by atoms with Gasteiger partial charge in [0.15, 0.2) is 0 Å². The third kappa shape index (κ3) is 9.42. The molecule has 1 heterocycles. The first-order valence-corrected chi connectivity index (χ1v) is 17.8. The molecule has 3 aromatic carbocycles. The van der Waals surface area contributed by atoms with E-state index < -0.39 is 10.0 Å². The number of hydrazine groups is 1. The van der Waals surface area contributed by atoms with Crippen molar-refractivity contribution in [1.82, 2.24) is 20.1 Å². The highest BCUT2D eigenvalue weighted by molar-refractivity contribution is 7.89. The predicted molar refractivity (Wildman–Crippen MR) is 186 cm³/mol. The first kappa shape index (κ1) is 34.7. The summed E-state index contributed by atoms with van der Waals surface area (Å²) >= 11 is 0. The summed E-state index contributed by atoms with van der Waals surface area (Å²) in [5, 5.41) is 0. The predicted octanol–water partition coefficient (Wildman–Crippen LogP) is 7.10. The van der Waals surface area contributed by atoms with Crippen molar-refractivity contribution in [1.29, 1.82) is 0 Å².